The lowest BCUT2D eigenvalue weighted by Gasteiger charge is -2.15. The maximum absolute atomic E-state index is 14.1. The Morgan fingerprint density at radius 2 is 1.87 bits per heavy atom. The largest absolute Gasteiger partial charge is 0.543 e. The molecule has 0 radical (unpaired) electrons. The molecule has 0 unspecified atom stereocenters. The molecule has 6 heteroatoms. The van der Waals surface area contributed by atoms with E-state index in [1.165, 1.54) is 18.2 Å². The Labute approximate surface area is 182 Å². The third-order valence-corrected chi connectivity index (χ3v) is 5.87. The summed E-state index contributed by atoms with van der Waals surface area (Å²) in [6.07, 6.45) is 2.35. The number of carbonyl (C=O) groups excluding carboxylic acids is 1. The molecule has 152 valence electrons. The van der Waals surface area contributed by atoms with Crippen molar-refractivity contribution in [3.05, 3.63) is 93.5 Å². The Balaban J connectivity index is 1.72. The van der Waals surface area contributed by atoms with Crippen LogP contribution in [0.4, 0.5) is 4.39 Å². The van der Waals surface area contributed by atoms with Gasteiger partial charge in [0.2, 0.25) is 0 Å². The van der Waals surface area contributed by atoms with Gasteiger partial charge in [-0.3, -0.25) is 0 Å². The van der Waals surface area contributed by atoms with E-state index in [2.05, 4.69) is 20.9 Å². The molecule has 3 aromatic rings. The van der Waals surface area contributed by atoms with E-state index in [-0.39, 0.29) is 11.5 Å². The topological polar surface area (TPSA) is 62.2 Å². The molecule has 4 nitrogen and oxygen atoms in total. The Hall–Kier alpha value is -2.99. The maximum atomic E-state index is 14.1. The third kappa shape index (κ3) is 4.28. The number of pyridine rings is 1. The molecule has 30 heavy (non-hydrogen) atoms. The predicted octanol–water partition coefficient (Wildman–Crippen LogP) is 5.02. The van der Waals surface area contributed by atoms with E-state index in [0.29, 0.717) is 23.6 Å². The average molecular weight is 467 g/mol. The van der Waals surface area contributed by atoms with Crippen molar-refractivity contribution in [3.8, 4) is 5.75 Å². The maximum Gasteiger partial charge on any atom is 0.127 e. The molecule has 0 amide bonds. The van der Waals surface area contributed by atoms with Crippen molar-refractivity contribution < 1.29 is 19.0 Å². The summed E-state index contributed by atoms with van der Waals surface area (Å²) in [6, 6.07) is 17.1. The summed E-state index contributed by atoms with van der Waals surface area (Å²) in [7, 11) is 0. The number of hydrogen-bond acceptors (Lipinski definition) is 4. The van der Waals surface area contributed by atoms with Crippen LogP contribution in [-0.2, 0) is 6.61 Å². The van der Waals surface area contributed by atoms with Gasteiger partial charge in [0.15, 0.2) is 0 Å². The Bertz CT molecular complexity index is 1140. The summed E-state index contributed by atoms with van der Waals surface area (Å²) in [6.45, 7) is 0.334. The van der Waals surface area contributed by atoms with Crippen molar-refractivity contribution in [2.45, 2.75) is 25.9 Å². The second-order valence-electron chi connectivity index (χ2n) is 7.03. The van der Waals surface area contributed by atoms with Gasteiger partial charge in [-0.1, -0.05) is 40.2 Å². The molecule has 1 aliphatic carbocycles. The van der Waals surface area contributed by atoms with Crippen LogP contribution in [-0.4, -0.2) is 11.0 Å². The fourth-order valence-corrected chi connectivity index (χ4v) is 4.07. The zero-order chi connectivity index (χ0) is 21.1. The van der Waals surface area contributed by atoms with Gasteiger partial charge in [0.25, 0.3) is 0 Å². The van der Waals surface area contributed by atoms with E-state index in [4.69, 9.17) is 4.74 Å². The van der Waals surface area contributed by atoms with E-state index < -0.39 is 5.97 Å². The van der Waals surface area contributed by atoms with Crippen LogP contribution < -0.4 is 9.84 Å². The van der Waals surface area contributed by atoms with Gasteiger partial charge in [-0.2, -0.15) is 0 Å². The van der Waals surface area contributed by atoms with Gasteiger partial charge in [-0.25, -0.2) is 9.37 Å². The molecule has 4 rings (SSSR count). The molecule has 0 fully saturated rings. The zero-order valence-electron chi connectivity index (χ0n) is 16.0. The number of aromatic nitrogens is 1. The number of aromatic carboxylic acids is 1. The molecule has 1 aromatic heterocycles. The second kappa shape index (κ2) is 8.79. The standard InChI is InChI=1S/C24H19BrFNO3/c25-20-8-2-1-5-15(20)14-30-23-12-11-16(26)13-19(23)17-6-3-7-18(17)21-9-4-10-22(27-21)24(28)29/h1-2,4-5,8-13H,3,6-7,14H2,(H,28,29)/p-1. The van der Waals surface area contributed by atoms with Crippen molar-refractivity contribution in [2.75, 3.05) is 0 Å². The van der Waals surface area contributed by atoms with Crippen LogP contribution in [0.2, 0.25) is 0 Å². The molecular formula is C24H18BrFNO3-. The SMILES string of the molecule is O=C([O-])c1cccc(C2=C(c3cc(F)ccc3OCc3ccccc3Br)CCC2)n1. The summed E-state index contributed by atoms with van der Waals surface area (Å²) < 4.78 is 21.1. The average Bonchev–Trinajstić information content (AvgIpc) is 3.24. The molecule has 1 aliphatic rings. The van der Waals surface area contributed by atoms with Crippen molar-refractivity contribution >= 4 is 33.0 Å². The van der Waals surface area contributed by atoms with E-state index in [1.54, 1.807) is 18.2 Å². The number of rotatable bonds is 6. The number of halogens is 2. The Morgan fingerprint density at radius 1 is 1.07 bits per heavy atom. The minimum absolute atomic E-state index is 0.115. The van der Waals surface area contributed by atoms with Crippen LogP contribution in [0.1, 0.15) is 46.6 Å². The van der Waals surface area contributed by atoms with E-state index in [0.717, 1.165) is 40.4 Å². The molecule has 0 aliphatic heterocycles. The van der Waals surface area contributed by atoms with Gasteiger partial charge >= 0.3 is 0 Å². The normalized spacial score (nSPS) is 13.5. The third-order valence-electron chi connectivity index (χ3n) is 5.09. The van der Waals surface area contributed by atoms with E-state index in [9.17, 15) is 14.3 Å². The molecule has 0 atom stereocenters. The monoisotopic (exact) mass is 466 g/mol. The molecule has 0 saturated heterocycles. The van der Waals surface area contributed by atoms with Crippen LogP contribution >= 0.6 is 15.9 Å². The minimum Gasteiger partial charge on any atom is -0.543 e. The van der Waals surface area contributed by atoms with Crippen LogP contribution in [0.5, 0.6) is 5.75 Å². The van der Waals surface area contributed by atoms with Gasteiger partial charge in [-0.05, 0) is 66.8 Å². The van der Waals surface area contributed by atoms with E-state index in [1.807, 2.05) is 24.3 Å². The summed E-state index contributed by atoms with van der Waals surface area (Å²) in [4.78, 5) is 15.4. The van der Waals surface area contributed by atoms with Crippen molar-refractivity contribution in [2.24, 2.45) is 0 Å². The number of benzene rings is 2. The quantitative estimate of drug-likeness (QED) is 0.511. The number of carbonyl (C=O) groups is 1. The summed E-state index contributed by atoms with van der Waals surface area (Å²) in [5, 5.41) is 11.2. The molecule has 0 N–H and O–H groups in total. The number of hydrogen-bond donors (Lipinski definition) is 0. The number of nitrogens with zero attached hydrogens (tertiary/aromatic N) is 1. The molecule has 0 bridgehead atoms. The molecular weight excluding hydrogens is 449 g/mol. The number of carboxylic acid groups (broad SMARTS) is 1. The summed E-state index contributed by atoms with van der Waals surface area (Å²) in [5.74, 6) is -1.09. The zero-order valence-corrected chi connectivity index (χ0v) is 17.6. The second-order valence-corrected chi connectivity index (χ2v) is 7.88. The smallest absolute Gasteiger partial charge is 0.127 e. The van der Waals surface area contributed by atoms with Crippen molar-refractivity contribution in [3.63, 3.8) is 0 Å². The number of allylic oxidation sites excluding steroid dienone is 2. The first-order valence-electron chi connectivity index (χ1n) is 9.60. The molecule has 0 saturated carbocycles. The highest BCUT2D eigenvalue weighted by atomic mass is 79.9. The fourth-order valence-electron chi connectivity index (χ4n) is 3.67. The van der Waals surface area contributed by atoms with Crippen LogP contribution in [0, 0.1) is 5.82 Å². The lowest BCUT2D eigenvalue weighted by Crippen LogP contribution is -2.23. The molecule has 1 heterocycles. The Morgan fingerprint density at radius 3 is 2.67 bits per heavy atom. The minimum atomic E-state index is -1.32. The predicted molar refractivity (Wildman–Crippen MR) is 114 cm³/mol. The number of ether oxygens (including phenoxy) is 1. The lowest BCUT2D eigenvalue weighted by molar-refractivity contribution is -0.255. The Kier molecular flexibility index (Phi) is 5.95. The summed E-state index contributed by atoms with van der Waals surface area (Å²) in [5.41, 5.74) is 3.96. The van der Waals surface area contributed by atoms with Crippen LogP contribution in [0.25, 0.3) is 11.1 Å². The first-order valence-corrected chi connectivity index (χ1v) is 10.4. The highest BCUT2D eigenvalue weighted by molar-refractivity contribution is 9.10. The summed E-state index contributed by atoms with van der Waals surface area (Å²) >= 11 is 3.51. The van der Waals surface area contributed by atoms with Gasteiger partial charge in [0, 0.05) is 15.6 Å². The first kappa shape index (κ1) is 20.3. The molecule has 2 aromatic carbocycles. The lowest BCUT2D eigenvalue weighted by atomic mass is 9.98. The van der Waals surface area contributed by atoms with Gasteiger partial charge < -0.3 is 14.6 Å². The van der Waals surface area contributed by atoms with Crippen molar-refractivity contribution in [1.82, 2.24) is 4.98 Å². The highest BCUT2D eigenvalue weighted by Crippen LogP contribution is 2.42. The molecule has 0 spiro atoms. The highest BCUT2D eigenvalue weighted by Gasteiger charge is 2.22. The van der Waals surface area contributed by atoms with Crippen LogP contribution in [0.15, 0.2) is 65.1 Å². The van der Waals surface area contributed by atoms with Crippen molar-refractivity contribution in [1.29, 1.82) is 0 Å². The van der Waals surface area contributed by atoms with Gasteiger partial charge in [0.1, 0.15) is 18.2 Å². The van der Waals surface area contributed by atoms with Crippen LogP contribution in [0.3, 0.4) is 0 Å². The first-order chi connectivity index (χ1) is 14.5. The van der Waals surface area contributed by atoms with E-state index >= 15 is 0 Å². The number of carboxylic acids is 1. The van der Waals surface area contributed by atoms with Gasteiger partial charge in [-0.15, -0.1) is 0 Å². The fraction of sp³-hybridized carbons (Fsp3) is 0.167. The van der Waals surface area contributed by atoms with Gasteiger partial charge in [0.05, 0.1) is 17.4 Å².